The van der Waals surface area contributed by atoms with E-state index < -0.39 is 5.54 Å². The molecule has 7 heteroatoms. The fraction of sp³-hybridized carbons (Fsp3) is 0.429. The molecule has 1 aromatic heterocycles. The van der Waals surface area contributed by atoms with E-state index in [-0.39, 0.29) is 0 Å². The Morgan fingerprint density at radius 2 is 1.95 bits per heavy atom. The van der Waals surface area contributed by atoms with Crippen molar-refractivity contribution in [3.05, 3.63) is 28.0 Å². The molecular weight excluding hydrogens is 329 g/mol. The fourth-order valence-electron chi connectivity index (χ4n) is 2.61. The monoisotopic (exact) mass is 343 g/mol. The van der Waals surface area contributed by atoms with Gasteiger partial charge in [0.15, 0.2) is 5.82 Å². The van der Waals surface area contributed by atoms with E-state index in [2.05, 4.69) is 10.1 Å². The van der Waals surface area contributed by atoms with Gasteiger partial charge in [0.2, 0.25) is 0 Å². The highest BCUT2D eigenvalue weighted by Crippen LogP contribution is 2.38. The summed E-state index contributed by atoms with van der Waals surface area (Å²) in [7, 11) is 0. The molecule has 0 spiro atoms. The molecule has 4 nitrogen and oxygen atoms in total. The number of hydrogen-bond donors (Lipinski definition) is 1. The summed E-state index contributed by atoms with van der Waals surface area (Å²) in [6.45, 7) is 0. The van der Waals surface area contributed by atoms with Gasteiger partial charge in [-0.05, 0) is 31.2 Å². The molecule has 0 aliphatic heterocycles. The Bertz CT molecular complexity index is 668. The summed E-state index contributed by atoms with van der Waals surface area (Å²) in [5.41, 5.74) is 6.56. The molecule has 1 aliphatic rings. The second kappa shape index (κ2) is 5.80. The van der Waals surface area contributed by atoms with E-state index in [9.17, 15) is 0 Å². The largest absolute Gasteiger partial charge is 0.334 e. The van der Waals surface area contributed by atoms with Gasteiger partial charge in [-0.2, -0.15) is 4.98 Å². The molecule has 1 fully saturated rings. The third-order valence-corrected chi connectivity index (χ3v) is 5.35. The molecule has 2 aromatic rings. The lowest BCUT2D eigenvalue weighted by Crippen LogP contribution is -2.34. The van der Waals surface area contributed by atoms with Crippen LogP contribution in [0, 0.1) is 0 Å². The van der Waals surface area contributed by atoms with Crippen molar-refractivity contribution < 1.29 is 4.52 Å². The van der Waals surface area contributed by atoms with E-state index in [1.165, 1.54) is 11.8 Å². The lowest BCUT2D eigenvalue weighted by atomic mass is 9.99. The minimum atomic E-state index is -0.469. The van der Waals surface area contributed by atoms with E-state index in [1.54, 1.807) is 6.07 Å². The minimum absolute atomic E-state index is 0.388. The molecule has 21 heavy (non-hydrogen) atoms. The zero-order valence-electron chi connectivity index (χ0n) is 11.5. The first kappa shape index (κ1) is 15.2. The molecule has 1 saturated carbocycles. The predicted molar refractivity (Wildman–Crippen MR) is 85.9 cm³/mol. The maximum Gasteiger partial charge on any atom is 0.259 e. The first-order valence-corrected chi connectivity index (χ1v) is 8.68. The molecule has 1 aromatic carbocycles. The van der Waals surface area contributed by atoms with Gasteiger partial charge in [0, 0.05) is 4.90 Å². The van der Waals surface area contributed by atoms with Crippen LogP contribution in [0.3, 0.4) is 0 Å². The van der Waals surface area contributed by atoms with E-state index in [1.807, 2.05) is 12.3 Å². The highest BCUT2D eigenvalue weighted by Gasteiger charge is 2.36. The maximum absolute atomic E-state index is 6.35. The molecule has 1 heterocycles. The Morgan fingerprint density at radius 3 is 2.62 bits per heavy atom. The number of benzene rings is 1. The van der Waals surface area contributed by atoms with Crippen LogP contribution in [0.2, 0.25) is 10.0 Å². The predicted octanol–water partition coefficient (Wildman–Crippen LogP) is 4.49. The second-order valence-corrected chi connectivity index (χ2v) is 6.92. The van der Waals surface area contributed by atoms with Gasteiger partial charge in [-0.1, -0.05) is 41.2 Å². The third kappa shape index (κ3) is 2.80. The lowest BCUT2D eigenvalue weighted by molar-refractivity contribution is 0.372. The van der Waals surface area contributed by atoms with Crippen molar-refractivity contribution in [3.63, 3.8) is 0 Å². The Morgan fingerprint density at radius 1 is 1.24 bits per heavy atom. The van der Waals surface area contributed by atoms with Crippen LogP contribution in [0.1, 0.15) is 31.5 Å². The van der Waals surface area contributed by atoms with E-state index in [0.29, 0.717) is 27.3 Å². The minimum Gasteiger partial charge on any atom is -0.334 e. The summed E-state index contributed by atoms with van der Waals surface area (Å²) in [4.78, 5) is 5.38. The van der Waals surface area contributed by atoms with Crippen molar-refractivity contribution in [2.75, 3.05) is 6.26 Å². The topological polar surface area (TPSA) is 64.9 Å². The normalized spacial score (nSPS) is 17.3. The van der Waals surface area contributed by atoms with Gasteiger partial charge in [0.05, 0.1) is 21.1 Å². The van der Waals surface area contributed by atoms with Crippen LogP contribution in [-0.4, -0.2) is 16.4 Å². The van der Waals surface area contributed by atoms with Crippen LogP contribution in [0.4, 0.5) is 0 Å². The lowest BCUT2D eigenvalue weighted by Gasteiger charge is -2.17. The van der Waals surface area contributed by atoms with Crippen LogP contribution in [-0.2, 0) is 5.54 Å². The summed E-state index contributed by atoms with van der Waals surface area (Å²) in [5, 5.41) is 5.16. The molecule has 2 N–H and O–H groups in total. The molecule has 0 saturated heterocycles. The average Bonchev–Trinajstić information content (AvgIpc) is 3.09. The molecule has 0 radical (unpaired) electrons. The zero-order chi connectivity index (χ0) is 15.0. The van der Waals surface area contributed by atoms with Gasteiger partial charge in [-0.15, -0.1) is 11.8 Å². The molecule has 0 atom stereocenters. The first-order valence-electron chi connectivity index (χ1n) is 6.70. The van der Waals surface area contributed by atoms with Crippen molar-refractivity contribution in [2.24, 2.45) is 5.73 Å². The van der Waals surface area contributed by atoms with Crippen molar-refractivity contribution in [3.8, 4) is 11.5 Å². The summed E-state index contributed by atoms with van der Waals surface area (Å²) in [5.74, 6) is 0.949. The highest BCUT2D eigenvalue weighted by molar-refractivity contribution is 7.98. The molecule has 0 unspecified atom stereocenters. The molecular formula is C14H15Cl2N3OS. The molecule has 0 bridgehead atoms. The van der Waals surface area contributed by atoms with Crippen molar-refractivity contribution >= 4 is 35.0 Å². The van der Waals surface area contributed by atoms with Gasteiger partial charge < -0.3 is 10.3 Å². The zero-order valence-corrected chi connectivity index (χ0v) is 13.9. The van der Waals surface area contributed by atoms with Crippen LogP contribution in [0.15, 0.2) is 21.6 Å². The van der Waals surface area contributed by atoms with Crippen molar-refractivity contribution in [1.82, 2.24) is 10.1 Å². The molecule has 3 rings (SSSR count). The summed E-state index contributed by atoms with van der Waals surface area (Å²) < 4.78 is 5.37. The van der Waals surface area contributed by atoms with Crippen LogP contribution in [0.5, 0.6) is 0 Å². The fourth-order valence-corrected chi connectivity index (χ4v) is 3.80. The van der Waals surface area contributed by atoms with E-state index in [0.717, 1.165) is 30.6 Å². The van der Waals surface area contributed by atoms with E-state index in [4.69, 9.17) is 33.5 Å². The van der Waals surface area contributed by atoms with Gasteiger partial charge in [0.1, 0.15) is 0 Å². The first-order chi connectivity index (χ1) is 10.0. The van der Waals surface area contributed by atoms with Gasteiger partial charge in [-0.3, -0.25) is 0 Å². The number of nitrogens with two attached hydrogens (primary N) is 1. The second-order valence-electron chi connectivity index (χ2n) is 5.25. The Labute approximate surface area is 137 Å². The molecule has 112 valence electrons. The summed E-state index contributed by atoms with van der Waals surface area (Å²) in [6, 6.07) is 3.56. The number of nitrogens with zero attached hydrogens (tertiary/aromatic N) is 2. The molecule has 1 aliphatic carbocycles. The number of hydrogen-bond acceptors (Lipinski definition) is 5. The van der Waals surface area contributed by atoms with Crippen LogP contribution >= 0.6 is 35.0 Å². The number of thioether (sulfide) groups is 1. The van der Waals surface area contributed by atoms with Gasteiger partial charge in [0.25, 0.3) is 5.89 Å². The Balaban J connectivity index is 2.00. The SMILES string of the molecule is CSc1cc(-c2nc(C3(N)CCCC3)no2)c(Cl)cc1Cl. The highest BCUT2D eigenvalue weighted by atomic mass is 35.5. The maximum atomic E-state index is 6.35. The van der Waals surface area contributed by atoms with Gasteiger partial charge >= 0.3 is 0 Å². The quantitative estimate of drug-likeness (QED) is 0.831. The standard InChI is InChI=1S/C14H15Cl2N3OS/c1-21-11-6-8(9(15)7-10(11)16)12-18-13(19-20-12)14(17)4-2-3-5-14/h6-7H,2-5,17H2,1H3. The molecule has 0 amide bonds. The van der Waals surface area contributed by atoms with Crippen molar-refractivity contribution in [2.45, 2.75) is 36.1 Å². The summed E-state index contributed by atoms with van der Waals surface area (Å²) >= 11 is 13.9. The number of rotatable bonds is 3. The number of aromatic nitrogens is 2. The smallest absolute Gasteiger partial charge is 0.259 e. The van der Waals surface area contributed by atoms with Crippen LogP contribution in [0.25, 0.3) is 11.5 Å². The number of halogens is 2. The van der Waals surface area contributed by atoms with E-state index >= 15 is 0 Å². The van der Waals surface area contributed by atoms with Crippen LogP contribution < -0.4 is 5.73 Å². The summed E-state index contributed by atoms with van der Waals surface area (Å²) in [6.07, 6.45) is 5.91. The van der Waals surface area contributed by atoms with Gasteiger partial charge in [-0.25, -0.2) is 0 Å². The third-order valence-electron chi connectivity index (χ3n) is 3.84. The average molecular weight is 344 g/mol. The Hall–Kier alpha value is -0.750. The Kier molecular flexibility index (Phi) is 4.19. The van der Waals surface area contributed by atoms with Crippen molar-refractivity contribution in [1.29, 1.82) is 0 Å².